The molecule has 0 fully saturated rings. The first kappa shape index (κ1) is 16.4. The van der Waals surface area contributed by atoms with Gasteiger partial charge >= 0.3 is 0 Å². The Morgan fingerprint density at radius 2 is 1.90 bits per heavy atom. The Bertz CT molecular complexity index is 634. The lowest BCUT2D eigenvalue weighted by atomic mass is 9.98. The molecule has 0 aliphatic rings. The molecule has 0 aromatic heterocycles. The van der Waals surface area contributed by atoms with E-state index in [9.17, 15) is 8.78 Å². The normalized spacial score (nSPS) is 12.4. The Kier molecular flexibility index (Phi) is 5.73. The molecule has 0 spiro atoms. The molecule has 0 heterocycles. The van der Waals surface area contributed by atoms with Gasteiger partial charge in [-0.25, -0.2) is 8.78 Å². The van der Waals surface area contributed by atoms with E-state index < -0.39 is 0 Å². The van der Waals surface area contributed by atoms with Crippen LogP contribution in [0.4, 0.5) is 8.78 Å². The Hall–Kier alpha value is -0.970. The second-order valence-electron chi connectivity index (χ2n) is 4.72. The molecule has 5 heteroatoms. The van der Waals surface area contributed by atoms with Crippen molar-refractivity contribution in [2.24, 2.45) is 0 Å². The molecule has 1 atom stereocenters. The zero-order valence-electron chi connectivity index (χ0n) is 11.5. The van der Waals surface area contributed by atoms with Crippen LogP contribution in [0.1, 0.15) is 24.1 Å². The number of benzene rings is 2. The lowest BCUT2D eigenvalue weighted by Crippen LogP contribution is -2.23. The van der Waals surface area contributed by atoms with Gasteiger partial charge in [0.2, 0.25) is 0 Å². The van der Waals surface area contributed by atoms with Crippen LogP contribution < -0.4 is 5.32 Å². The largest absolute Gasteiger partial charge is 0.310 e. The lowest BCUT2D eigenvalue weighted by molar-refractivity contribution is 0.523. The molecule has 2 aromatic rings. The van der Waals surface area contributed by atoms with Crippen molar-refractivity contribution >= 4 is 27.5 Å². The van der Waals surface area contributed by atoms with Crippen LogP contribution in [0.3, 0.4) is 0 Å². The van der Waals surface area contributed by atoms with Crippen LogP contribution in [0.5, 0.6) is 0 Å². The summed E-state index contributed by atoms with van der Waals surface area (Å²) in [7, 11) is 0. The Morgan fingerprint density at radius 1 is 1.14 bits per heavy atom. The summed E-state index contributed by atoms with van der Waals surface area (Å²) in [6.45, 7) is 2.65. The van der Waals surface area contributed by atoms with Crippen LogP contribution in [0, 0.1) is 11.6 Å². The molecule has 2 aromatic carbocycles. The lowest BCUT2D eigenvalue weighted by Gasteiger charge is -2.19. The van der Waals surface area contributed by atoms with Crippen molar-refractivity contribution in [1.29, 1.82) is 0 Å². The fourth-order valence-corrected chi connectivity index (χ4v) is 2.64. The number of hydrogen-bond donors (Lipinski definition) is 1. The third-order valence-corrected chi connectivity index (χ3v) is 4.11. The van der Waals surface area contributed by atoms with Gasteiger partial charge in [0.15, 0.2) is 0 Å². The summed E-state index contributed by atoms with van der Waals surface area (Å²) in [5.41, 5.74) is 1.29. The van der Waals surface area contributed by atoms with Crippen LogP contribution in [-0.4, -0.2) is 6.54 Å². The van der Waals surface area contributed by atoms with E-state index >= 15 is 0 Å². The van der Waals surface area contributed by atoms with Crippen molar-refractivity contribution in [3.05, 3.63) is 68.7 Å². The summed E-state index contributed by atoms with van der Waals surface area (Å²) >= 11 is 9.05. The fraction of sp³-hybridized carbons (Fsp3) is 0.250. The second-order valence-corrected chi connectivity index (χ2v) is 6.01. The SMILES string of the molecule is CCNC(Cc1cc(Cl)ccc1F)c1ccc(Br)c(F)c1. The maximum atomic E-state index is 13.9. The summed E-state index contributed by atoms with van der Waals surface area (Å²) in [5.74, 6) is -0.637. The highest BCUT2D eigenvalue weighted by atomic mass is 79.9. The molecule has 0 radical (unpaired) electrons. The molecular weight excluding hydrogens is 360 g/mol. The molecular formula is C16H15BrClF2N. The Labute approximate surface area is 136 Å². The van der Waals surface area contributed by atoms with Crippen LogP contribution in [0.25, 0.3) is 0 Å². The van der Waals surface area contributed by atoms with Crippen molar-refractivity contribution in [1.82, 2.24) is 5.32 Å². The van der Waals surface area contributed by atoms with E-state index in [0.717, 1.165) is 5.56 Å². The number of nitrogens with one attached hydrogen (secondary N) is 1. The van der Waals surface area contributed by atoms with Crippen LogP contribution in [-0.2, 0) is 6.42 Å². The van der Waals surface area contributed by atoms with Crippen molar-refractivity contribution in [2.45, 2.75) is 19.4 Å². The van der Waals surface area contributed by atoms with E-state index in [1.54, 1.807) is 12.1 Å². The highest BCUT2D eigenvalue weighted by Gasteiger charge is 2.15. The van der Waals surface area contributed by atoms with Gasteiger partial charge in [-0.1, -0.05) is 24.6 Å². The monoisotopic (exact) mass is 373 g/mol. The van der Waals surface area contributed by atoms with Gasteiger partial charge in [0.1, 0.15) is 11.6 Å². The van der Waals surface area contributed by atoms with Gasteiger partial charge in [-0.3, -0.25) is 0 Å². The van der Waals surface area contributed by atoms with Gasteiger partial charge in [-0.15, -0.1) is 0 Å². The van der Waals surface area contributed by atoms with Gasteiger partial charge < -0.3 is 5.32 Å². The molecule has 1 unspecified atom stereocenters. The molecule has 0 amide bonds. The first-order valence-corrected chi connectivity index (χ1v) is 7.80. The molecule has 0 saturated carbocycles. The Morgan fingerprint density at radius 3 is 2.57 bits per heavy atom. The van der Waals surface area contributed by atoms with E-state index in [0.29, 0.717) is 28.0 Å². The van der Waals surface area contributed by atoms with Gasteiger partial charge in [0, 0.05) is 11.1 Å². The minimum Gasteiger partial charge on any atom is -0.310 e. The third kappa shape index (κ3) is 4.25. The summed E-state index contributed by atoms with van der Waals surface area (Å²) in [6.07, 6.45) is 0.404. The second kappa shape index (κ2) is 7.34. The molecule has 0 aliphatic heterocycles. The van der Waals surface area contributed by atoms with Crippen LogP contribution in [0.15, 0.2) is 40.9 Å². The van der Waals surface area contributed by atoms with Gasteiger partial charge in [0.05, 0.1) is 4.47 Å². The highest BCUT2D eigenvalue weighted by molar-refractivity contribution is 9.10. The van der Waals surface area contributed by atoms with Crippen molar-refractivity contribution in [3.63, 3.8) is 0 Å². The molecule has 1 N–H and O–H groups in total. The summed E-state index contributed by atoms with van der Waals surface area (Å²) in [4.78, 5) is 0. The smallest absolute Gasteiger partial charge is 0.137 e. The van der Waals surface area contributed by atoms with Crippen molar-refractivity contribution in [2.75, 3.05) is 6.54 Å². The summed E-state index contributed by atoms with van der Waals surface area (Å²) < 4.78 is 28.0. The maximum Gasteiger partial charge on any atom is 0.137 e. The van der Waals surface area contributed by atoms with E-state index in [4.69, 9.17) is 11.6 Å². The van der Waals surface area contributed by atoms with Gasteiger partial charge in [-0.05, 0) is 70.4 Å². The third-order valence-electron chi connectivity index (χ3n) is 3.23. The zero-order chi connectivity index (χ0) is 15.4. The molecule has 0 saturated heterocycles. The van der Waals surface area contributed by atoms with Gasteiger partial charge in [-0.2, -0.15) is 0 Å². The van der Waals surface area contributed by atoms with E-state index in [-0.39, 0.29) is 17.7 Å². The van der Waals surface area contributed by atoms with Crippen molar-refractivity contribution in [3.8, 4) is 0 Å². The number of halogens is 4. The molecule has 21 heavy (non-hydrogen) atoms. The number of rotatable bonds is 5. The summed E-state index contributed by atoms with van der Waals surface area (Å²) in [6, 6.07) is 9.23. The molecule has 0 aliphatic carbocycles. The first-order chi connectivity index (χ1) is 10.0. The minimum absolute atomic E-state index is 0.175. The number of likely N-dealkylation sites (N-methyl/N-ethyl adjacent to an activating group) is 1. The topological polar surface area (TPSA) is 12.0 Å². The van der Waals surface area contributed by atoms with Crippen molar-refractivity contribution < 1.29 is 8.78 Å². The standard InChI is InChI=1S/C16H15BrClF2N/c1-2-21-16(10-3-5-13(17)15(20)8-10)9-11-7-12(18)4-6-14(11)19/h3-8,16,21H,2,9H2,1H3. The molecule has 2 rings (SSSR count). The Balaban J connectivity index is 2.30. The molecule has 1 nitrogen and oxygen atoms in total. The average molecular weight is 375 g/mol. The van der Waals surface area contributed by atoms with Crippen LogP contribution in [0.2, 0.25) is 5.02 Å². The average Bonchev–Trinajstić information content (AvgIpc) is 2.45. The predicted molar refractivity (Wildman–Crippen MR) is 85.6 cm³/mol. The van der Waals surface area contributed by atoms with E-state index in [2.05, 4.69) is 21.2 Å². The first-order valence-electron chi connectivity index (χ1n) is 6.63. The molecule has 0 bridgehead atoms. The van der Waals surface area contributed by atoms with Crippen LogP contribution >= 0.6 is 27.5 Å². The number of hydrogen-bond acceptors (Lipinski definition) is 1. The minimum atomic E-state index is -0.332. The highest BCUT2D eigenvalue weighted by Crippen LogP contribution is 2.25. The van der Waals surface area contributed by atoms with E-state index in [1.165, 1.54) is 18.2 Å². The van der Waals surface area contributed by atoms with E-state index in [1.807, 2.05) is 13.0 Å². The maximum absolute atomic E-state index is 13.9. The zero-order valence-corrected chi connectivity index (χ0v) is 13.8. The summed E-state index contributed by atoms with van der Waals surface area (Å²) in [5, 5.41) is 3.74. The fourth-order valence-electron chi connectivity index (χ4n) is 2.20. The molecule has 112 valence electrons. The van der Waals surface area contributed by atoms with Gasteiger partial charge in [0.25, 0.3) is 0 Å². The predicted octanol–water partition coefficient (Wildman–Crippen LogP) is 5.27. The quantitative estimate of drug-likeness (QED) is 0.751.